The first-order chi connectivity index (χ1) is 24.8. The first-order valence-corrected chi connectivity index (χ1v) is 20.7. The van der Waals surface area contributed by atoms with Crippen LogP contribution in [0.25, 0.3) is 0 Å². The van der Waals surface area contributed by atoms with Gasteiger partial charge in [0.1, 0.15) is 24.4 Å². The molecule has 9 nitrogen and oxygen atoms in total. The zero-order valence-corrected chi connectivity index (χ0v) is 32.4. The molecule has 0 saturated carbocycles. The molecule has 0 aromatic carbocycles. The monoisotopic (exact) mass is 724 g/mol. The van der Waals surface area contributed by atoms with Gasteiger partial charge in [-0.3, -0.25) is 4.79 Å². The minimum absolute atomic E-state index is 0.196. The van der Waals surface area contributed by atoms with E-state index in [-0.39, 0.29) is 12.5 Å². The van der Waals surface area contributed by atoms with E-state index >= 15 is 0 Å². The number of aliphatic hydroxyl groups excluding tert-OH is 5. The van der Waals surface area contributed by atoms with Gasteiger partial charge in [0, 0.05) is 6.42 Å². The Bertz CT molecular complexity index is 894. The zero-order chi connectivity index (χ0) is 37.4. The van der Waals surface area contributed by atoms with Crippen molar-refractivity contribution < 1.29 is 39.8 Å². The first-order valence-electron chi connectivity index (χ1n) is 20.7. The summed E-state index contributed by atoms with van der Waals surface area (Å²) in [7, 11) is 0. The maximum atomic E-state index is 12.9. The van der Waals surface area contributed by atoms with E-state index in [0.29, 0.717) is 6.42 Å². The Morgan fingerprint density at radius 2 is 1.12 bits per heavy atom. The van der Waals surface area contributed by atoms with Crippen LogP contribution in [-0.4, -0.2) is 87.5 Å². The van der Waals surface area contributed by atoms with Crippen LogP contribution in [0, 0.1) is 0 Å². The summed E-state index contributed by atoms with van der Waals surface area (Å²) >= 11 is 0. The highest BCUT2D eigenvalue weighted by molar-refractivity contribution is 5.76. The number of ether oxygens (including phenoxy) is 2. The minimum atomic E-state index is -1.57. The molecule has 298 valence electrons. The molecule has 0 radical (unpaired) electrons. The van der Waals surface area contributed by atoms with Crippen LogP contribution in [0.4, 0.5) is 0 Å². The number of rotatable bonds is 33. The van der Waals surface area contributed by atoms with Crippen molar-refractivity contribution in [3.8, 4) is 0 Å². The molecular weight excluding hydrogens is 646 g/mol. The normalized spacial score (nSPS) is 22.4. The predicted molar refractivity (Wildman–Crippen MR) is 207 cm³/mol. The first kappa shape index (κ1) is 47.4. The van der Waals surface area contributed by atoms with Gasteiger partial charge < -0.3 is 40.3 Å². The molecule has 0 aromatic rings. The second kappa shape index (κ2) is 33.0. The summed E-state index contributed by atoms with van der Waals surface area (Å²) in [5.41, 5.74) is 0. The van der Waals surface area contributed by atoms with Crippen molar-refractivity contribution >= 4 is 5.91 Å². The third-order valence-electron chi connectivity index (χ3n) is 9.69. The van der Waals surface area contributed by atoms with E-state index in [1.807, 2.05) is 6.08 Å². The second-order valence-electron chi connectivity index (χ2n) is 14.4. The van der Waals surface area contributed by atoms with Gasteiger partial charge in [-0.2, -0.15) is 0 Å². The van der Waals surface area contributed by atoms with Crippen LogP contribution >= 0.6 is 0 Å². The average molecular weight is 724 g/mol. The second-order valence-corrected chi connectivity index (χ2v) is 14.4. The van der Waals surface area contributed by atoms with Gasteiger partial charge in [0.05, 0.1) is 25.4 Å². The van der Waals surface area contributed by atoms with E-state index in [2.05, 4.69) is 43.5 Å². The van der Waals surface area contributed by atoms with E-state index in [1.165, 1.54) is 96.3 Å². The van der Waals surface area contributed by atoms with Crippen molar-refractivity contribution in [2.75, 3.05) is 13.2 Å². The molecule has 7 atom stereocenters. The molecule has 0 aliphatic carbocycles. The summed E-state index contributed by atoms with van der Waals surface area (Å²) in [6.45, 7) is 3.68. The SMILES string of the molecule is CCCCC/C=C/CC/C=C/C(O)C(COC1OC(CO)C(O)C(O)C1O)NC(=O)CCCCCCCCC/C=C\CCCCCCCCCC. The number of nitrogens with one attached hydrogen (secondary N) is 1. The van der Waals surface area contributed by atoms with E-state index in [9.17, 15) is 30.3 Å². The van der Waals surface area contributed by atoms with Crippen molar-refractivity contribution in [1.29, 1.82) is 0 Å². The van der Waals surface area contributed by atoms with Crippen LogP contribution in [-0.2, 0) is 14.3 Å². The van der Waals surface area contributed by atoms with Crippen LogP contribution in [0.5, 0.6) is 0 Å². The van der Waals surface area contributed by atoms with Crippen molar-refractivity contribution in [2.45, 2.75) is 211 Å². The Labute approximate surface area is 311 Å². The Hall–Kier alpha value is -1.59. The molecule has 1 rings (SSSR count). The fourth-order valence-electron chi connectivity index (χ4n) is 6.28. The predicted octanol–water partition coefficient (Wildman–Crippen LogP) is 7.72. The summed E-state index contributed by atoms with van der Waals surface area (Å²) in [4.78, 5) is 12.9. The summed E-state index contributed by atoms with van der Waals surface area (Å²) in [6.07, 6.45) is 32.0. The summed E-state index contributed by atoms with van der Waals surface area (Å²) < 4.78 is 11.1. The highest BCUT2D eigenvalue weighted by atomic mass is 16.7. The van der Waals surface area contributed by atoms with Gasteiger partial charge in [0.2, 0.25) is 5.91 Å². The summed E-state index contributed by atoms with van der Waals surface area (Å²) in [6, 6.07) is -0.819. The number of allylic oxidation sites excluding steroid dienone is 5. The molecule has 1 saturated heterocycles. The molecule has 0 spiro atoms. The standard InChI is InChI=1S/C42H77NO8/c1-3-5-7-9-11-13-14-15-16-17-18-19-20-21-22-24-26-28-30-32-38(46)43-35(36(45)31-29-27-25-23-12-10-8-6-4-2)34-50-42-41(49)40(48)39(47)37(33-44)51-42/h12,17-18,23,29,31,35-37,39-42,44-45,47-49H,3-11,13-16,19-22,24-28,30,32-34H2,1-2H3,(H,43,46)/b18-17-,23-12+,31-29+. The van der Waals surface area contributed by atoms with Gasteiger partial charge in [-0.05, 0) is 57.8 Å². The highest BCUT2D eigenvalue weighted by Crippen LogP contribution is 2.22. The number of unbranched alkanes of at least 4 members (excludes halogenated alkanes) is 19. The van der Waals surface area contributed by atoms with Crippen molar-refractivity contribution in [3.63, 3.8) is 0 Å². The highest BCUT2D eigenvalue weighted by Gasteiger charge is 2.44. The van der Waals surface area contributed by atoms with Crippen LogP contribution < -0.4 is 5.32 Å². The largest absolute Gasteiger partial charge is 0.394 e. The van der Waals surface area contributed by atoms with E-state index in [1.54, 1.807) is 6.08 Å². The van der Waals surface area contributed by atoms with E-state index in [0.717, 1.165) is 51.4 Å². The van der Waals surface area contributed by atoms with Gasteiger partial charge in [-0.25, -0.2) is 0 Å². The van der Waals surface area contributed by atoms with Crippen LogP contribution in [0.2, 0.25) is 0 Å². The van der Waals surface area contributed by atoms with Gasteiger partial charge >= 0.3 is 0 Å². The smallest absolute Gasteiger partial charge is 0.220 e. The van der Waals surface area contributed by atoms with Crippen LogP contribution in [0.1, 0.15) is 168 Å². The van der Waals surface area contributed by atoms with Gasteiger partial charge in [-0.1, -0.05) is 140 Å². The van der Waals surface area contributed by atoms with Gasteiger partial charge in [0.15, 0.2) is 6.29 Å². The average Bonchev–Trinajstić information content (AvgIpc) is 3.13. The minimum Gasteiger partial charge on any atom is -0.394 e. The fraction of sp³-hybridized carbons (Fsp3) is 0.833. The number of amides is 1. The number of aliphatic hydroxyl groups is 5. The molecule has 0 aromatic heterocycles. The van der Waals surface area contributed by atoms with Crippen LogP contribution in [0.3, 0.4) is 0 Å². The number of carbonyl (C=O) groups is 1. The lowest BCUT2D eigenvalue weighted by molar-refractivity contribution is -0.302. The number of carbonyl (C=O) groups excluding carboxylic acids is 1. The molecule has 6 N–H and O–H groups in total. The Morgan fingerprint density at radius 3 is 1.69 bits per heavy atom. The molecule has 7 unspecified atom stereocenters. The third kappa shape index (κ3) is 24.4. The lowest BCUT2D eigenvalue weighted by Crippen LogP contribution is -2.60. The summed E-state index contributed by atoms with van der Waals surface area (Å²) in [5, 5.41) is 53.8. The number of hydrogen-bond donors (Lipinski definition) is 6. The van der Waals surface area contributed by atoms with Crippen molar-refractivity contribution in [1.82, 2.24) is 5.32 Å². The molecule has 1 aliphatic rings. The summed E-state index contributed by atoms with van der Waals surface area (Å²) in [5.74, 6) is -0.196. The number of hydrogen-bond acceptors (Lipinski definition) is 8. The molecule has 1 heterocycles. The van der Waals surface area contributed by atoms with Gasteiger partial charge in [-0.15, -0.1) is 0 Å². The third-order valence-corrected chi connectivity index (χ3v) is 9.69. The molecule has 51 heavy (non-hydrogen) atoms. The fourth-order valence-corrected chi connectivity index (χ4v) is 6.28. The molecule has 9 heteroatoms. The maximum absolute atomic E-state index is 12.9. The molecular formula is C42H77NO8. The van der Waals surface area contributed by atoms with E-state index < -0.39 is 49.5 Å². The maximum Gasteiger partial charge on any atom is 0.220 e. The quantitative estimate of drug-likeness (QED) is 0.0298. The molecule has 0 bridgehead atoms. The lowest BCUT2D eigenvalue weighted by atomic mass is 9.99. The van der Waals surface area contributed by atoms with Crippen molar-refractivity contribution in [3.05, 3.63) is 36.5 Å². The Balaban J connectivity index is 2.35. The van der Waals surface area contributed by atoms with E-state index in [4.69, 9.17) is 9.47 Å². The topological polar surface area (TPSA) is 149 Å². The zero-order valence-electron chi connectivity index (χ0n) is 32.4. The Kier molecular flexibility index (Phi) is 30.7. The lowest BCUT2D eigenvalue weighted by Gasteiger charge is -2.40. The molecule has 1 fully saturated rings. The van der Waals surface area contributed by atoms with Crippen LogP contribution in [0.15, 0.2) is 36.5 Å². The van der Waals surface area contributed by atoms with Gasteiger partial charge in [0.25, 0.3) is 0 Å². The molecule has 1 aliphatic heterocycles. The Morgan fingerprint density at radius 1 is 0.647 bits per heavy atom. The van der Waals surface area contributed by atoms with Crippen molar-refractivity contribution in [2.24, 2.45) is 0 Å². The molecule has 1 amide bonds.